The summed E-state index contributed by atoms with van der Waals surface area (Å²) in [5.74, 6) is -0.705. The Morgan fingerprint density at radius 2 is 1.95 bits per heavy atom. The number of rotatable bonds is 4. The van der Waals surface area contributed by atoms with E-state index in [2.05, 4.69) is 10.6 Å². The summed E-state index contributed by atoms with van der Waals surface area (Å²) in [7, 11) is 1.54. The van der Waals surface area contributed by atoms with E-state index in [0.29, 0.717) is 5.75 Å². The molecule has 0 aromatic heterocycles. The molecule has 0 heterocycles. The van der Waals surface area contributed by atoms with Gasteiger partial charge in [-0.2, -0.15) is 0 Å². The third kappa shape index (κ3) is 4.05. The van der Waals surface area contributed by atoms with Gasteiger partial charge in [0.05, 0.1) is 12.8 Å². The van der Waals surface area contributed by atoms with Crippen molar-refractivity contribution in [2.75, 3.05) is 12.4 Å². The Morgan fingerprint density at radius 1 is 1.18 bits per heavy atom. The Morgan fingerprint density at radius 3 is 2.73 bits per heavy atom. The highest BCUT2D eigenvalue weighted by atomic mass is 19.1. The van der Waals surface area contributed by atoms with E-state index in [1.807, 2.05) is 12.1 Å². The van der Waals surface area contributed by atoms with Crippen LogP contribution in [0.2, 0.25) is 0 Å². The molecule has 0 unspecified atom stereocenters. The number of hydrogen-bond acceptors (Lipinski definition) is 2. The van der Waals surface area contributed by atoms with Gasteiger partial charge in [-0.3, -0.25) is 0 Å². The summed E-state index contributed by atoms with van der Waals surface area (Å²) in [6, 6.07) is 9.36. The van der Waals surface area contributed by atoms with E-state index in [1.54, 1.807) is 25.3 Å². The Kier molecular flexibility index (Phi) is 5.08. The van der Waals surface area contributed by atoms with Crippen LogP contribution in [0.1, 0.15) is 5.56 Å². The van der Waals surface area contributed by atoms with Crippen molar-refractivity contribution in [1.29, 1.82) is 0 Å². The Bertz CT molecular complexity index is 702. The maximum absolute atomic E-state index is 13.4. The Balaban J connectivity index is 1.98. The van der Waals surface area contributed by atoms with Crippen molar-refractivity contribution in [3.63, 3.8) is 0 Å². The van der Waals surface area contributed by atoms with Crippen LogP contribution in [0.4, 0.5) is 19.3 Å². The second kappa shape index (κ2) is 7.21. The standard InChI is InChI=1S/C16H14F2N2O2/c1-22-15-5-3-2-4-11(15)8-9-19-16(21)20-14-10-12(17)6-7-13(14)18/h2-10H,1H3,(H2,19,20,21)/b9-8+. The average Bonchev–Trinajstić information content (AvgIpc) is 2.51. The molecule has 0 saturated carbocycles. The number of anilines is 1. The van der Waals surface area contributed by atoms with Crippen LogP contribution in [0, 0.1) is 11.6 Å². The van der Waals surface area contributed by atoms with Gasteiger partial charge in [0.2, 0.25) is 0 Å². The van der Waals surface area contributed by atoms with Crippen LogP contribution in [0.5, 0.6) is 5.75 Å². The SMILES string of the molecule is COc1ccccc1/C=C/NC(=O)Nc1cc(F)ccc1F. The summed E-state index contributed by atoms with van der Waals surface area (Å²) in [6.07, 6.45) is 3.00. The highest BCUT2D eigenvalue weighted by Gasteiger charge is 2.06. The third-order valence-corrected chi connectivity index (χ3v) is 2.79. The predicted molar refractivity (Wildman–Crippen MR) is 80.5 cm³/mol. The largest absolute Gasteiger partial charge is 0.496 e. The minimum Gasteiger partial charge on any atom is -0.496 e. The molecule has 0 saturated heterocycles. The summed E-state index contributed by atoms with van der Waals surface area (Å²) in [6.45, 7) is 0. The first-order valence-corrected chi connectivity index (χ1v) is 6.42. The molecule has 0 aliphatic carbocycles. The number of hydrogen-bond donors (Lipinski definition) is 2. The molecule has 2 N–H and O–H groups in total. The Hall–Kier alpha value is -2.89. The second-order valence-corrected chi connectivity index (χ2v) is 4.30. The first kappa shape index (κ1) is 15.5. The van der Waals surface area contributed by atoms with Gasteiger partial charge < -0.3 is 15.4 Å². The normalized spacial score (nSPS) is 10.5. The van der Waals surface area contributed by atoms with Gasteiger partial charge in [0.25, 0.3) is 0 Å². The summed E-state index contributed by atoms with van der Waals surface area (Å²) < 4.78 is 31.5. The fourth-order valence-electron chi connectivity index (χ4n) is 1.76. The van der Waals surface area contributed by atoms with E-state index >= 15 is 0 Å². The minimum atomic E-state index is -0.717. The summed E-state index contributed by atoms with van der Waals surface area (Å²) in [5.41, 5.74) is 0.533. The molecule has 0 aliphatic heterocycles. The van der Waals surface area contributed by atoms with E-state index in [-0.39, 0.29) is 5.69 Å². The zero-order chi connectivity index (χ0) is 15.9. The number of ether oxygens (including phenoxy) is 1. The van der Waals surface area contributed by atoms with Crippen LogP contribution >= 0.6 is 0 Å². The maximum Gasteiger partial charge on any atom is 0.323 e. The lowest BCUT2D eigenvalue weighted by Gasteiger charge is -2.06. The van der Waals surface area contributed by atoms with Crippen molar-refractivity contribution in [3.05, 3.63) is 65.9 Å². The van der Waals surface area contributed by atoms with Crippen LogP contribution < -0.4 is 15.4 Å². The van der Waals surface area contributed by atoms with Gasteiger partial charge in [-0.1, -0.05) is 18.2 Å². The number of halogens is 2. The molecule has 0 bridgehead atoms. The van der Waals surface area contributed by atoms with Gasteiger partial charge in [-0.05, 0) is 24.3 Å². The smallest absolute Gasteiger partial charge is 0.323 e. The number of carbonyl (C=O) groups is 1. The average molecular weight is 304 g/mol. The predicted octanol–water partition coefficient (Wildman–Crippen LogP) is 3.77. The lowest BCUT2D eigenvalue weighted by Crippen LogP contribution is -2.24. The first-order valence-electron chi connectivity index (χ1n) is 6.42. The van der Waals surface area contributed by atoms with Crippen LogP contribution in [0.3, 0.4) is 0 Å². The van der Waals surface area contributed by atoms with Crippen molar-refractivity contribution in [2.45, 2.75) is 0 Å². The molecule has 2 aromatic rings. The third-order valence-electron chi connectivity index (χ3n) is 2.79. The van der Waals surface area contributed by atoms with Crippen molar-refractivity contribution in [2.24, 2.45) is 0 Å². The molecule has 22 heavy (non-hydrogen) atoms. The molecule has 0 spiro atoms. The molecule has 0 radical (unpaired) electrons. The van der Waals surface area contributed by atoms with Gasteiger partial charge >= 0.3 is 6.03 Å². The number of para-hydroxylation sites is 1. The van der Waals surface area contributed by atoms with Gasteiger partial charge in [0, 0.05) is 17.8 Å². The monoisotopic (exact) mass is 304 g/mol. The molecular weight excluding hydrogens is 290 g/mol. The van der Waals surface area contributed by atoms with Crippen LogP contribution in [-0.4, -0.2) is 13.1 Å². The van der Waals surface area contributed by atoms with Gasteiger partial charge in [0.15, 0.2) is 0 Å². The van der Waals surface area contributed by atoms with E-state index in [0.717, 1.165) is 23.8 Å². The van der Waals surface area contributed by atoms with Crippen LogP contribution in [0.25, 0.3) is 6.08 Å². The highest BCUT2D eigenvalue weighted by molar-refractivity contribution is 5.90. The van der Waals surface area contributed by atoms with Crippen LogP contribution in [-0.2, 0) is 0 Å². The van der Waals surface area contributed by atoms with E-state index in [9.17, 15) is 13.6 Å². The molecule has 4 nitrogen and oxygen atoms in total. The molecule has 114 valence electrons. The molecule has 0 fully saturated rings. The fraction of sp³-hybridized carbons (Fsp3) is 0.0625. The molecule has 0 aliphatic rings. The number of benzene rings is 2. The van der Waals surface area contributed by atoms with Gasteiger partial charge in [0.1, 0.15) is 17.4 Å². The molecule has 2 aromatic carbocycles. The summed E-state index contributed by atoms with van der Waals surface area (Å²) in [5, 5.41) is 4.62. The molecule has 6 heteroatoms. The van der Waals surface area contributed by atoms with E-state index < -0.39 is 17.7 Å². The first-order chi connectivity index (χ1) is 10.6. The van der Waals surface area contributed by atoms with Crippen molar-refractivity contribution in [3.8, 4) is 5.75 Å². The zero-order valence-corrected chi connectivity index (χ0v) is 11.8. The Labute approximate surface area is 126 Å². The number of methoxy groups -OCH3 is 1. The van der Waals surface area contributed by atoms with Gasteiger partial charge in [-0.15, -0.1) is 0 Å². The number of urea groups is 1. The fourth-order valence-corrected chi connectivity index (χ4v) is 1.76. The summed E-state index contributed by atoms with van der Waals surface area (Å²) >= 11 is 0. The zero-order valence-electron chi connectivity index (χ0n) is 11.8. The molecule has 2 rings (SSSR count). The lowest BCUT2D eigenvalue weighted by molar-refractivity contribution is 0.255. The van der Waals surface area contributed by atoms with Crippen molar-refractivity contribution >= 4 is 17.8 Å². The topological polar surface area (TPSA) is 50.4 Å². The van der Waals surface area contributed by atoms with E-state index in [4.69, 9.17) is 4.74 Å². The number of carbonyl (C=O) groups excluding carboxylic acids is 1. The molecular formula is C16H14F2N2O2. The second-order valence-electron chi connectivity index (χ2n) is 4.30. The maximum atomic E-state index is 13.4. The minimum absolute atomic E-state index is 0.233. The summed E-state index contributed by atoms with van der Waals surface area (Å²) in [4.78, 5) is 11.6. The lowest BCUT2D eigenvalue weighted by atomic mass is 10.2. The number of nitrogens with one attached hydrogen (secondary N) is 2. The highest BCUT2D eigenvalue weighted by Crippen LogP contribution is 2.18. The van der Waals surface area contributed by atoms with E-state index in [1.165, 1.54) is 6.20 Å². The number of amides is 2. The molecule has 2 amide bonds. The van der Waals surface area contributed by atoms with Crippen molar-refractivity contribution in [1.82, 2.24) is 5.32 Å². The van der Waals surface area contributed by atoms with Gasteiger partial charge in [-0.25, -0.2) is 13.6 Å². The van der Waals surface area contributed by atoms with Crippen molar-refractivity contribution < 1.29 is 18.3 Å². The molecule has 0 atom stereocenters. The quantitative estimate of drug-likeness (QED) is 0.903. The van der Waals surface area contributed by atoms with Crippen LogP contribution in [0.15, 0.2) is 48.7 Å².